The molecule has 0 bridgehead atoms. The van der Waals surface area contributed by atoms with Crippen LogP contribution in [0.15, 0.2) is 24.3 Å². The monoisotopic (exact) mass is 191 g/mol. The lowest BCUT2D eigenvalue weighted by Gasteiger charge is -2.00. The normalized spacial score (nSPS) is 24.4. The van der Waals surface area contributed by atoms with Crippen molar-refractivity contribution in [1.82, 2.24) is 0 Å². The largest absolute Gasteiger partial charge is 0.469 e. The number of hydrogen-bond acceptors (Lipinski definition) is 3. The number of carbonyl (C=O) groups excluding carboxylic acids is 1. The topological polar surface area (TPSA) is 52.3 Å². The van der Waals surface area contributed by atoms with Gasteiger partial charge in [-0.2, -0.15) is 0 Å². The molecule has 1 aliphatic rings. The van der Waals surface area contributed by atoms with E-state index in [9.17, 15) is 4.79 Å². The number of methoxy groups -OCH3 is 1. The molecule has 14 heavy (non-hydrogen) atoms. The molecule has 74 valence electrons. The Morgan fingerprint density at radius 2 is 2.36 bits per heavy atom. The maximum absolute atomic E-state index is 11.2. The van der Waals surface area contributed by atoms with E-state index in [1.165, 1.54) is 7.11 Å². The Bertz CT molecular complexity index is 362. The van der Waals surface area contributed by atoms with Gasteiger partial charge in [0.2, 0.25) is 0 Å². The van der Waals surface area contributed by atoms with Crippen LogP contribution >= 0.6 is 0 Å². The third-order valence-electron chi connectivity index (χ3n) is 2.63. The first-order chi connectivity index (χ1) is 6.72. The van der Waals surface area contributed by atoms with Gasteiger partial charge in [0, 0.05) is 5.69 Å². The zero-order chi connectivity index (χ0) is 10.1. The van der Waals surface area contributed by atoms with Crippen molar-refractivity contribution in [3.63, 3.8) is 0 Å². The number of anilines is 1. The van der Waals surface area contributed by atoms with E-state index in [2.05, 4.69) is 4.74 Å². The lowest BCUT2D eigenvalue weighted by molar-refractivity contribution is -0.142. The van der Waals surface area contributed by atoms with Crippen molar-refractivity contribution in [2.75, 3.05) is 12.8 Å². The summed E-state index contributed by atoms with van der Waals surface area (Å²) >= 11 is 0. The minimum absolute atomic E-state index is 0.0433. The fourth-order valence-corrected chi connectivity index (χ4v) is 1.76. The van der Waals surface area contributed by atoms with Crippen molar-refractivity contribution in [3.05, 3.63) is 29.8 Å². The van der Waals surface area contributed by atoms with E-state index in [-0.39, 0.29) is 11.9 Å². The molecule has 2 rings (SSSR count). The van der Waals surface area contributed by atoms with Crippen LogP contribution in [0.3, 0.4) is 0 Å². The van der Waals surface area contributed by atoms with Crippen LogP contribution in [-0.2, 0) is 9.53 Å². The van der Waals surface area contributed by atoms with E-state index >= 15 is 0 Å². The molecule has 2 atom stereocenters. The third kappa shape index (κ3) is 1.58. The quantitative estimate of drug-likeness (QED) is 0.570. The Hall–Kier alpha value is -1.51. The molecule has 3 heteroatoms. The van der Waals surface area contributed by atoms with Crippen molar-refractivity contribution in [2.45, 2.75) is 12.3 Å². The summed E-state index contributed by atoms with van der Waals surface area (Å²) in [6.45, 7) is 0. The average molecular weight is 191 g/mol. The van der Waals surface area contributed by atoms with Crippen molar-refractivity contribution < 1.29 is 9.53 Å². The van der Waals surface area contributed by atoms with Crippen molar-refractivity contribution >= 4 is 11.7 Å². The van der Waals surface area contributed by atoms with Gasteiger partial charge in [-0.3, -0.25) is 4.79 Å². The summed E-state index contributed by atoms with van der Waals surface area (Å²) in [6.07, 6.45) is 0.885. The second-order valence-electron chi connectivity index (χ2n) is 3.64. The van der Waals surface area contributed by atoms with Crippen LogP contribution in [0.4, 0.5) is 5.69 Å². The predicted octanol–water partition coefficient (Wildman–Crippen LogP) is 1.55. The molecule has 0 aromatic heterocycles. The van der Waals surface area contributed by atoms with Crippen LogP contribution in [0.5, 0.6) is 0 Å². The number of ether oxygens (including phenoxy) is 1. The van der Waals surface area contributed by atoms with Gasteiger partial charge < -0.3 is 10.5 Å². The van der Waals surface area contributed by atoms with Crippen LogP contribution in [0.25, 0.3) is 0 Å². The molecule has 1 aromatic carbocycles. The summed E-state index contributed by atoms with van der Waals surface area (Å²) in [4.78, 5) is 11.2. The van der Waals surface area contributed by atoms with Gasteiger partial charge >= 0.3 is 5.97 Å². The number of hydrogen-bond donors (Lipinski definition) is 1. The molecular formula is C11H13NO2. The Balaban J connectivity index is 2.09. The summed E-state index contributed by atoms with van der Waals surface area (Å²) in [6, 6.07) is 7.69. The van der Waals surface area contributed by atoms with E-state index in [0.717, 1.165) is 17.7 Å². The number of esters is 1. The fraction of sp³-hybridized carbons (Fsp3) is 0.364. The molecule has 0 saturated heterocycles. The lowest BCUT2D eigenvalue weighted by atomic mass is 10.1. The van der Waals surface area contributed by atoms with Crippen LogP contribution in [0.1, 0.15) is 17.9 Å². The molecule has 3 nitrogen and oxygen atoms in total. The standard InChI is InChI=1S/C11H13NO2/c1-14-11(13)10-6-9(10)7-3-2-4-8(12)5-7/h2-5,9-10H,6,12H2,1H3/t9-,10+/m0/s1. The average Bonchev–Trinajstić information content (AvgIpc) is 2.96. The maximum Gasteiger partial charge on any atom is 0.309 e. The highest BCUT2D eigenvalue weighted by atomic mass is 16.5. The van der Waals surface area contributed by atoms with Crippen LogP contribution < -0.4 is 5.73 Å². The third-order valence-corrected chi connectivity index (χ3v) is 2.63. The van der Waals surface area contributed by atoms with Gasteiger partial charge in [-0.05, 0) is 30.0 Å². The van der Waals surface area contributed by atoms with E-state index in [1.807, 2.05) is 24.3 Å². The second-order valence-corrected chi connectivity index (χ2v) is 3.64. The van der Waals surface area contributed by atoms with Gasteiger partial charge in [-0.1, -0.05) is 12.1 Å². The molecule has 0 aliphatic heterocycles. The van der Waals surface area contributed by atoms with Gasteiger partial charge in [-0.25, -0.2) is 0 Å². The Labute approximate surface area is 82.9 Å². The number of carbonyl (C=O) groups is 1. The van der Waals surface area contributed by atoms with Crippen LogP contribution in [-0.4, -0.2) is 13.1 Å². The summed E-state index contributed by atoms with van der Waals surface area (Å²) in [5.41, 5.74) is 7.55. The number of nitrogens with two attached hydrogens (primary N) is 1. The van der Waals surface area contributed by atoms with Crippen LogP contribution in [0, 0.1) is 5.92 Å². The highest BCUT2D eigenvalue weighted by Crippen LogP contribution is 2.48. The van der Waals surface area contributed by atoms with Crippen molar-refractivity contribution in [1.29, 1.82) is 0 Å². The zero-order valence-corrected chi connectivity index (χ0v) is 8.07. The number of rotatable bonds is 2. The minimum atomic E-state index is -0.113. The first-order valence-corrected chi connectivity index (χ1v) is 4.65. The first-order valence-electron chi connectivity index (χ1n) is 4.65. The van der Waals surface area contributed by atoms with E-state index in [1.54, 1.807) is 0 Å². The Kier molecular flexibility index (Phi) is 2.15. The molecule has 1 aromatic rings. The number of benzene rings is 1. The fourth-order valence-electron chi connectivity index (χ4n) is 1.76. The van der Waals surface area contributed by atoms with Crippen molar-refractivity contribution in [3.8, 4) is 0 Å². The molecule has 0 unspecified atom stereocenters. The summed E-state index contributed by atoms with van der Waals surface area (Å²) in [5, 5.41) is 0. The van der Waals surface area contributed by atoms with Gasteiger partial charge in [0.15, 0.2) is 0 Å². The highest BCUT2D eigenvalue weighted by molar-refractivity contribution is 5.77. The zero-order valence-electron chi connectivity index (χ0n) is 8.07. The summed E-state index contributed by atoms with van der Waals surface area (Å²) in [5.74, 6) is 0.241. The predicted molar refractivity (Wildman–Crippen MR) is 53.7 cm³/mol. The number of nitrogen functional groups attached to an aromatic ring is 1. The van der Waals surface area contributed by atoms with E-state index in [0.29, 0.717) is 5.92 Å². The maximum atomic E-state index is 11.2. The molecule has 1 saturated carbocycles. The van der Waals surface area contributed by atoms with Gasteiger partial charge in [0.05, 0.1) is 13.0 Å². The van der Waals surface area contributed by atoms with Crippen LogP contribution in [0.2, 0.25) is 0 Å². The first kappa shape index (κ1) is 9.06. The molecule has 2 N–H and O–H groups in total. The Morgan fingerprint density at radius 3 is 3.00 bits per heavy atom. The highest BCUT2D eigenvalue weighted by Gasteiger charge is 2.44. The smallest absolute Gasteiger partial charge is 0.309 e. The summed E-state index contributed by atoms with van der Waals surface area (Å²) in [7, 11) is 1.43. The van der Waals surface area contributed by atoms with E-state index in [4.69, 9.17) is 5.73 Å². The molecule has 0 heterocycles. The Morgan fingerprint density at radius 1 is 1.57 bits per heavy atom. The SMILES string of the molecule is COC(=O)[C@@H]1C[C@H]1c1cccc(N)c1. The molecule has 1 aliphatic carbocycles. The minimum Gasteiger partial charge on any atom is -0.469 e. The van der Waals surface area contributed by atoms with Crippen molar-refractivity contribution in [2.24, 2.45) is 5.92 Å². The molecule has 0 amide bonds. The van der Waals surface area contributed by atoms with Gasteiger partial charge in [0.1, 0.15) is 0 Å². The molecule has 0 radical (unpaired) electrons. The summed E-state index contributed by atoms with van der Waals surface area (Å²) < 4.78 is 4.69. The van der Waals surface area contributed by atoms with Gasteiger partial charge in [-0.15, -0.1) is 0 Å². The second kappa shape index (κ2) is 3.33. The van der Waals surface area contributed by atoms with E-state index < -0.39 is 0 Å². The molecular weight excluding hydrogens is 178 g/mol. The molecule has 0 spiro atoms. The molecule has 1 fully saturated rings. The van der Waals surface area contributed by atoms with Gasteiger partial charge in [0.25, 0.3) is 0 Å². The lowest BCUT2D eigenvalue weighted by Crippen LogP contribution is -2.03.